The number of nitrogens with zero attached hydrogens (tertiary/aromatic N) is 5. The van der Waals surface area contributed by atoms with Gasteiger partial charge in [0, 0.05) is 30.0 Å². The molecule has 0 radical (unpaired) electrons. The molecule has 0 saturated heterocycles. The fourth-order valence-corrected chi connectivity index (χ4v) is 2.66. The second-order valence-electron chi connectivity index (χ2n) is 5.66. The lowest BCUT2D eigenvalue weighted by Gasteiger charge is -2.20. The van der Waals surface area contributed by atoms with Crippen LogP contribution in [0.4, 0.5) is 16.6 Å². The number of fused-ring (bicyclic) bond motifs is 1. The molecule has 0 bridgehead atoms. The fourth-order valence-electron chi connectivity index (χ4n) is 2.46. The minimum Gasteiger partial charge on any atom is -0.465 e. The molecule has 0 fully saturated rings. The van der Waals surface area contributed by atoms with Gasteiger partial charge < -0.3 is 10.4 Å². The summed E-state index contributed by atoms with van der Waals surface area (Å²) in [4.78, 5) is 16.9. The highest BCUT2D eigenvalue weighted by Crippen LogP contribution is 2.21. The minimum atomic E-state index is -1.09. The van der Waals surface area contributed by atoms with E-state index >= 15 is 0 Å². The lowest BCUT2D eigenvalue weighted by molar-refractivity contribution is 0.199. The lowest BCUT2D eigenvalue weighted by Crippen LogP contribution is -2.37. The molecule has 0 aliphatic rings. The van der Waals surface area contributed by atoms with Gasteiger partial charge in [0.1, 0.15) is 0 Å². The molecule has 3 aromatic rings. The fraction of sp³-hybridized carbons (Fsp3) is 0.250. The molecule has 1 amide bonds. The number of nitrogens with one attached hydrogen (secondary N) is 1. The van der Waals surface area contributed by atoms with E-state index in [2.05, 4.69) is 20.5 Å². The Hall–Kier alpha value is -2.87. The highest BCUT2D eigenvalue weighted by molar-refractivity contribution is 6.31. The van der Waals surface area contributed by atoms with E-state index < -0.39 is 6.09 Å². The van der Waals surface area contributed by atoms with E-state index in [0.29, 0.717) is 23.0 Å². The number of carbonyl (C=O) groups is 1. The van der Waals surface area contributed by atoms with Crippen molar-refractivity contribution in [2.45, 2.75) is 26.4 Å². The van der Waals surface area contributed by atoms with Crippen molar-refractivity contribution in [1.82, 2.24) is 19.6 Å². The van der Waals surface area contributed by atoms with Gasteiger partial charge in [0.15, 0.2) is 5.82 Å². The van der Waals surface area contributed by atoms with Crippen LogP contribution in [0.3, 0.4) is 0 Å². The average molecular weight is 361 g/mol. The van der Waals surface area contributed by atoms with E-state index in [0.717, 1.165) is 10.5 Å². The number of hydrogen-bond donors (Lipinski definition) is 2. The molecule has 0 atom stereocenters. The molecule has 130 valence electrons. The van der Waals surface area contributed by atoms with Gasteiger partial charge in [-0.2, -0.15) is 0 Å². The highest BCUT2D eigenvalue weighted by atomic mass is 35.5. The van der Waals surface area contributed by atoms with Gasteiger partial charge in [-0.15, -0.1) is 10.2 Å². The minimum absolute atomic E-state index is 0.223. The molecule has 3 rings (SSSR count). The smallest absolute Gasteiger partial charge is 0.414 e. The van der Waals surface area contributed by atoms with Crippen molar-refractivity contribution in [2.75, 3.05) is 10.2 Å². The molecule has 0 unspecified atom stereocenters. The molecule has 0 saturated carbocycles. The normalized spacial score (nSPS) is 11.0. The number of benzene rings is 1. The number of amides is 1. The van der Waals surface area contributed by atoms with E-state index in [1.54, 1.807) is 30.6 Å². The van der Waals surface area contributed by atoms with Gasteiger partial charge in [-0.05, 0) is 25.5 Å². The Kier molecular flexibility index (Phi) is 4.71. The largest absolute Gasteiger partial charge is 0.465 e. The number of carboxylic acid groups (broad SMARTS) is 1. The first-order valence-electron chi connectivity index (χ1n) is 7.68. The van der Waals surface area contributed by atoms with Crippen LogP contribution in [0.15, 0.2) is 36.7 Å². The van der Waals surface area contributed by atoms with Crippen molar-refractivity contribution in [3.63, 3.8) is 0 Å². The van der Waals surface area contributed by atoms with Gasteiger partial charge in [-0.25, -0.2) is 14.7 Å². The number of hydrogen-bond acceptors (Lipinski definition) is 5. The molecule has 0 spiro atoms. The third kappa shape index (κ3) is 3.34. The summed E-state index contributed by atoms with van der Waals surface area (Å²) in [7, 11) is 0. The topological polar surface area (TPSA) is 95.7 Å². The van der Waals surface area contributed by atoms with Crippen LogP contribution in [-0.2, 0) is 6.54 Å². The van der Waals surface area contributed by atoms with E-state index in [1.165, 1.54) is 0 Å². The van der Waals surface area contributed by atoms with Crippen LogP contribution in [0.2, 0.25) is 5.02 Å². The van der Waals surface area contributed by atoms with E-state index in [1.807, 2.05) is 24.3 Å². The first-order valence-corrected chi connectivity index (χ1v) is 8.06. The summed E-state index contributed by atoms with van der Waals surface area (Å²) in [5, 5.41) is 21.4. The van der Waals surface area contributed by atoms with Crippen molar-refractivity contribution >= 4 is 35.1 Å². The third-order valence-electron chi connectivity index (χ3n) is 3.65. The average Bonchev–Trinajstić information content (AvgIpc) is 2.98. The van der Waals surface area contributed by atoms with Crippen molar-refractivity contribution in [3.8, 4) is 0 Å². The van der Waals surface area contributed by atoms with Crippen molar-refractivity contribution < 1.29 is 9.90 Å². The van der Waals surface area contributed by atoms with Crippen LogP contribution < -0.4 is 10.2 Å². The first-order chi connectivity index (χ1) is 12.0. The maximum atomic E-state index is 11.5. The number of aromatic nitrogens is 4. The first kappa shape index (κ1) is 17.0. The van der Waals surface area contributed by atoms with Gasteiger partial charge in [0.05, 0.1) is 0 Å². The van der Waals surface area contributed by atoms with Crippen molar-refractivity contribution in [3.05, 3.63) is 47.2 Å². The predicted octanol–water partition coefficient (Wildman–Crippen LogP) is 3.28. The van der Waals surface area contributed by atoms with Crippen molar-refractivity contribution in [2.24, 2.45) is 0 Å². The molecular formula is C16H17ClN6O2. The second-order valence-corrected chi connectivity index (χ2v) is 6.07. The van der Waals surface area contributed by atoms with Crippen LogP contribution >= 0.6 is 11.6 Å². The molecule has 1 aromatic carbocycles. The van der Waals surface area contributed by atoms with E-state index in [4.69, 9.17) is 11.6 Å². The predicted molar refractivity (Wildman–Crippen MR) is 95.2 cm³/mol. The van der Waals surface area contributed by atoms with Crippen LogP contribution in [0.25, 0.3) is 5.65 Å². The SMILES string of the molecule is CC(C)N(C(=O)O)c1nnc2c(NCc3ccccc3Cl)nccn12. The Morgan fingerprint density at radius 3 is 2.80 bits per heavy atom. The highest BCUT2D eigenvalue weighted by Gasteiger charge is 2.24. The maximum Gasteiger partial charge on any atom is 0.414 e. The van der Waals surface area contributed by atoms with E-state index in [-0.39, 0.29) is 12.0 Å². The van der Waals surface area contributed by atoms with Gasteiger partial charge in [-0.1, -0.05) is 29.8 Å². The summed E-state index contributed by atoms with van der Waals surface area (Å²) < 4.78 is 1.59. The Balaban J connectivity index is 1.93. The number of anilines is 2. The summed E-state index contributed by atoms with van der Waals surface area (Å²) in [5.74, 6) is 0.718. The lowest BCUT2D eigenvalue weighted by atomic mass is 10.2. The van der Waals surface area contributed by atoms with E-state index in [9.17, 15) is 9.90 Å². The molecule has 0 aliphatic heterocycles. The Morgan fingerprint density at radius 1 is 1.36 bits per heavy atom. The van der Waals surface area contributed by atoms with Gasteiger partial charge in [0.25, 0.3) is 0 Å². The summed E-state index contributed by atoms with van der Waals surface area (Å²) in [5.41, 5.74) is 1.36. The Bertz CT molecular complexity index is 911. The van der Waals surface area contributed by atoms with Crippen molar-refractivity contribution in [1.29, 1.82) is 0 Å². The molecule has 0 aliphatic carbocycles. The standard InChI is InChI=1S/C16H17ClN6O2/c1-10(2)23(16(24)25)15-21-20-14-13(18-7-8-22(14)15)19-9-11-5-3-4-6-12(11)17/h3-8,10H,9H2,1-2H3,(H,18,19)(H,24,25). The zero-order valence-electron chi connectivity index (χ0n) is 13.7. The molecule has 2 aromatic heterocycles. The zero-order valence-corrected chi connectivity index (χ0v) is 14.5. The van der Waals surface area contributed by atoms with Gasteiger partial charge in [-0.3, -0.25) is 4.40 Å². The molecule has 8 nitrogen and oxygen atoms in total. The summed E-state index contributed by atoms with van der Waals surface area (Å²) in [6.45, 7) is 4.00. The molecular weight excluding hydrogens is 344 g/mol. The third-order valence-corrected chi connectivity index (χ3v) is 4.02. The van der Waals surface area contributed by atoms with Gasteiger partial charge >= 0.3 is 6.09 Å². The molecule has 2 N–H and O–H groups in total. The van der Waals surface area contributed by atoms with Crippen LogP contribution in [0, 0.1) is 0 Å². The Labute approximate surface area is 149 Å². The number of halogens is 1. The Morgan fingerprint density at radius 2 is 2.12 bits per heavy atom. The molecule has 2 heterocycles. The monoisotopic (exact) mass is 360 g/mol. The molecule has 25 heavy (non-hydrogen) atoms. The summed E-state index contributed by atoms with van der Waals surface area (Å²) in [6.07, 6.45) is 2.10. The second kappa shape index (κ2) is 6.94. The van der Waals surface area contributed by atoms with Crippen LogP contribution in [0.5, 0.6) is 0 Å². The summed E-state index contributed by atoms with van der Waals surface area (Å²) in [6, 6.07) is 7.21. The number of rotatable bonds is 5. The zero-order chi connectivity index (χ0) is 18.0. The molecule has 9 heteroatoms. The van der Waals surface area contributed by atoms with Crippen LogP contribution in [-0.4, -0.2) is 36.8 Å². The van der Waals surface area contributed by atoms with Gasteiger partial charge in [0.2, 0.25) is 11.6 Å². The quantitative estimate of drug-likeness (QED) is 0.724. The summed E-state index contributed by atoms with van der Waals surface area (Å²) >= 11 is 6.16. The maximum absolute atomic E-state index is 11.5. The van der Waals surface area contributed by atoms with Crippen LogP contribution in [0.1, 0.15) is 19.4 Å².